The number of hydrogen-bond donors (Lipinski definition) is 1. The number of nitrogens with one attached hydrogen (secondary N) is 1. The highest BCUT2D eigenvalue weighted by Crippen LogP contribution is 2.40. The number of benzene rings is 1. The summed E-state index contributed by atoms with van der Waals surface area (Å²) in [5.74, 6) is 0.531. The molecule has 1 aromatic rings. The minimum Gasteiger partial charge on any atom is -0.319 e. The molecule has 0 amide bonds. The van der Waals surface area contributed by atoms with Crippen LogP contribution in [0, 0.1) is 11.7 Å². The smallest absolute Gasteiger partial charge is 0.146 e. The van der Waals surface area contributed by atoms with Gasteiger partial charge in [0.05, 0.1) is 5.02 Å². The second-order valence-electron chi connectivity index (χ2n) is 5.33. The molecule has 1 aliphatic rings. The maximum absolute atomic E-state index is 14.4. The molecule has 0 saturated heterocycles. The van der Waals surface area contributed by atoms with Crippen LogP contribution in [-0.2, 0) is 0 Å². The molecule has 19 heavy (non-hydrogen) atoms. The molecule has 0 radical (unpaired) electrons. The first-order valence-corrected chi connectivity index (χ1v) is 8.10. The topological polar surface area (TPSA) is 12.0 Å². The molecule has 2 atom stereocenters. The predicted molar refractivity (Wildman–Crippen MR) is 82.4 cm³/mol. The molecule has 0 aromatic heterocycles. The van der Waals surface area contributed by atoms with E-state index in [0.717, 1.165) is 18.5 Å². The van der Waals surface area contributed by atoms with E-state index in [-0.39, 0.29) is 16.8 Å². The molecular weight excluding hydrogens is 329 g/mol. The van der Waals surface area contributed by atoms with Crippen molar-refractivity contribution >= 4 is 27.5 Å². The SMILES string of the molecule is CNCC1CCCCCC1c1ccc(Br)c(Cl)c1F. The molecule has 1 nitrogen and oxygen atoms in total. The van der Waals surface area contributed by atoms with Crippen molar-refractivity contribution in [2.45, 2.75) is 38.0 Å². The minimum atomic E-state index is -0.246. The van der Waals surface area contributed by atoms with Gasteiger partial charge in [0, 0.05) is 4.47 Å². The largest absolute Gasteiger partial charge is 0.319 e. The van der Waals surface area contributed by atoms with E-state index in [1.807, 2.05) is 19.2 Å². The maximum Gasteiger partial charge on any atom is 0.146 e. The zero-order valence-electron chi connectivity index (χ0n) is 11.2. The Labute approximate surface area is 128 Å². The van der Waals surface area contributed by atoms with Crippen molar-refractivity contribution in [1.29, 1.82) is 0 Å². The lowest BCUT2D eigenvalue weighted by Gasteiger charge is -2.26. The van der Waals surface area contributed by atoms with E-state index in [0.29, 0.717) is 10.4 Å². The lowest BCUT2D eigenvalue weighted by molar-refractivity contribution is 0.376. The van der Waals surface area contributed by atoms with E-state index >= 15 is 0 Å². The van der Waals surface area contributed by atoms with Gasteiger partial charge in [-0.1, -0.05) is 36.9 Å². The Morgan fingerprint density at radius 3 is 2.79 bits per heavy atom. The standard InChI is InChI=1S/C15H20BrClFN/c1-19-9-10-5-3-2-4-6-11(10)12-7-8-13(16)14(17)15(12)18/h7-8,10-11,19H,2-6,9H2,1H3. The van der Waals surface area contributed by atoms with Gasteiger partial charge in [0.25, 0.3) is 0 Å². The van der Waals surface area contributed by atoms with Crippen molar-refractivity contribution < 1.29 is 4.39 Å². The Kier molecular flexibility index (Phi) is 5.67. The molecule has 1 aliphatic carbocycles. The Hall–Kier alpha value is -0.120. The van der Waals surface area contributed by atoms with Crippen molar-refractivity contribution in [3.05, 3.63) is 33.0 Å². The molecule has 1 N–H and O–H groups in total. The lowest BCUT2D eigenvalue weighted by atomic mass is 9.82. The van der Waals surface area contributed by atoms with Crippen LogP contribution in [0.1, 0.15) is 43.6 Å². The van der Waals surface area contributed by atoms with E-state index in [1.165, 1.54) is 25.7 Å². The summed E-state index contributed by atoms with van der Waals surface area (Å²) in [5, 5.41) is 3.46. The summed E-state index contributed by atoms with van der Waals surface area (Å²) in [7, 11) is 1.97. The number of rotatable bonds is 3. The average Bonchev–Trinajstić information content (AvgIpc) is 2.63. The molecule has 1 fully saturated rings. The van der Waals surface area contributed by atoms with E-state index in [2.05, 4.69) is 21.2 Å². The predicted octanol–water partition coefficient (Wildman–Crippen LogP) is 5.12. The van der Waals surface area contributed by atoms with Crippen LogP contribution in [-0.4, -0.2) is 13.6 Å². The van der Waals surface area contributed by atoms with Crippen molar-refractivity contribution in [2.24, 2.45) is 5.92 Å². The third-order valence-corrected chi connectivity index (χ3v) is 5.35. The molecule has 2 rings (SSSR count). The summed E-state index contributed by atoms with van der Waals surface area (Å²) in [5.41, 5.74) is 0.787. The molecule has 1 saturated carbocycles. The van der Waals surface area contributed by atoms with Crippen molar-refractivity contribution in [3.8, 4) is 0 Å². The van der Waals surface area contributed by atoms with Crippen LogP contribution < -0.4 is 5.32 Å². The highest BCUT2D eigenvalue weighted by Gasteiger charge is 2.27. The molecule has 0 heterocycles. The third-order valence-electron chi connectivity index (χ3n) is 4.09. The number of hydrogen-bond acceptors (Lipinski definition) is 1. The van der Waals surface area contributed by atoms with Gasteiger partial charge >= 0.3 is 0 Å². The van der Waals surface area contributed by atoms with Crippen LogP contribution in [0.15, 0.2) is 16.6 Å². The number of halogens is 3. The van der Waals surface area contributed by atoms with Gasteiger partial charge in [-0.25, -0.2) is 4.39 Å². The van der Waals surface area contributed by atoms with Crippen LogP contribution in [0.3, 0.4) is 0 Å². The Balaban J connectivity index is 2.33. The molecule has 1 aromatic carbocycles. The zero-order chi connectivity index (χ0) is 13.8. The first-order valence-electron chi connectivity index (χ1n) is 6.93. The normalized spacial score (nSPS) is 24.2. The minimum absolute atomic E-state index is 0.213. The Morgan fingerprint density at radius 2 is 2.05 bits per heavy atom. The van der Waals surface area contributed by atoms with Crippen LogP contribution in [0.25, 0.3) is 0 Å². The van der Waals surface area contributed by atoms with Crippen LogP contribution in [0.4, 0.5) is 4.39 Å². The van der Waals surface area contributed by atoms with Gasteiger partial charge in [0.1, 0.15) is 5.82 Å². The van der Waals surface area contributed by atoms with Gasteiger partial charge in [-0.3, -0.25) is 0 Å². The second kappa shape index (κ2) is 7.05. The molecular formula is C15H20BrClFN. The van der Waals surface area contributed by atoms with E-state index in [9.17, 15) is 4.39 Å². The average molecular weight is 349 g/mol. The summed E-state index contributed by atoms with van der Waals surface area (Å²) in [6.07, 6.45) is 5.90. The van der Waals surface area contributed by atoms with Gasteiger partial charge < -0.3 is 5.32 Å². The summed E-state index contributed by atoms with van der Waals surface area (Å²) < 4.78 is 15.0. The molecule has 0 bridgehead atoms. The summed E-state index contributed by atoms with van der Waals surface area (Å²) in [4.78, 5) is 0. The molecule has 0 aliphatic heterocycles. The first-order chi connectivity index (χ1) is 9.15. The van der Waals surface area contributed by atoms with E-state index in [4.69, 9.17) is 11.6 Å². The van der Waals surface area contributed by atoms with Crippen molar-refractivity contribution in [2.75, 3.05) is 13.6 Å². The summed E-state index contributed by atoms with van der Waals surface area (Å²) in [6.45, 7) is 0.942. The Morgan fingerprint density at radius 1 is 1.32 bits per heavy atom. The zero-order valence-corrected chi connectivity index (χ0v) is 13.5. The first kappa shape index (κ1) is 15.3. The quantitative estimate of drug-likeness (QED) is 0.590. The highest BCUT2D eigenvalue weighted by molar-refractivity contribution is 9.10. The van der Waals surface area contributed by atoms with Gasteiger partial charge in [-0.05, 0) is 65.8 Å². The van der Waals surface area contributed by atoms with E-state index < -0.39 is 0 Å². The van der Waals surface area contributed by atoms with Crippen molar-refractivity contribution in [3.63, 3.8) is 0 Å². The highest BCUT2D eigenvalue weighted by atomic mass is 79.9. The summed E-state index contributed by atoms with van der Waals surface area (Å²) in [6, 6.07) is 3.76. The monoisotopic (exact) mass is 347 g/mol. The summed E-state index contributed by atoms with van der Waals surface area (Å²) >= 11 is 9.31. The lowest BCUT2D eigenvalue weighted by Crippen LogP contribution is -2.24. The fourth-order valence-corrected chi connectivity index (χ4v) is 3.61. The molecule has 106 valence electrons. The fourth-order valence-electron chi connectivity index (χ4n) is 3.13. The second-order valence-corrected chi connectivity index (χ2v) is 6.56. The molecule has 4 heteroatoms. The van der Waals surface area contributed by atoms with Gasteiger partial charge in [-0.2, -0.15) is 0 Å². The maximum atomic E-state index is 14.4. The fraction of sp³-hybridized carbons (Fsp3) is 0.600. The van der Waals surface area contributed by atoms with Crippen LogP contribution >= 0.6 is 27.5 Å². The van der Waals surface area contributed by atoms with Gasteiger partial charge in [0.2, 0.25) is 0 Å². The third kappa shape index (κ3) is 3.50. The molecule has 0 spiro atoms. The van der Waals surface area contributed by atoms with Crippen LogP contribution in [0.2, 0.25) is 5.02 Å². The van der Waals surface area contributed by atoms with Gasteiger partial charge in [0.15, 0.2) is 0 Å². The van der Waals surface area contributed by atoms with Crippen LogP contribution in [0.5, 0.6) is 0 Å². The van der Waals surface area contributed by atoms with E-state index in [1.54, 1.807) is 0 Å². The molecule has 2 unspecified atom stereocenters. The van der Waals surface area contributed by atoms with Crippen molar-refractivity contribution in [1.82, 2.24) is 5.32 Å². The Bertz CT molecular complexity index is 438. The van der Waals surface area contributed by atoms with Gasteiger partial charge in [-0.15, -0.1) is 0 Å².